The smallest absolute Gasteiger partial charge is 0.220 e. The molecule has 0 spiro atoms. The van der Waals surface area contributed by atoms with Crippen LogP contribution in [0.25, 0.3) is 0 Å². The molecular formula is C6H9NO. The number of nitrogens with one attached hydrogen (secondary N) is 1. The summed E-state index contributed by atoms with van der Waals surface area (Å²) in [5, 5.41) is 2.70. The van der Waals surface area contributed by atoms with Crippen molar-refractivity contribution in [1.29, 1.82) is 0 Å². The summed E-state index contributed by atoms with van der Waals surface area (Å²) in [6, 6.07) is 0. The Balaban J connectivity index is 2.29. The average Bonchev–Trinajstić information content (AvgIpc) is 1.55. The highest BCUT2D eigenvalue weighted by atomic mass is 16.1. The number of allylic oxidation sites excluding steroid dienone is 2. The number of hydrogen-bond acceptors (Lipinski definition) is 1. The Morgan fingerprint density at radius 3 is 2.62 bits per heavy atom. The minimum atomic E-state index is 0.0379. The van der Waals surface area contributed by atoms with Crippen molar-refractivity contribution in [2.24, 2.45) is 0 Å². The zero-order chi connectivity index (χ0) is 5.98. The number of carbonyl (C=O) groups is 1. The molecule has 0 radical (unpaired) electrons. The molecule has 0 aromatic heterocycles. The highest BCUT2D eigenvalue weighted by Crippen LogP contribution is 2.13. The maximum absolute atomic E-state index is 10.3. The van der Waals surface area contributed by atoms with Crippen molar-refractivity contribution in [3.63, 3.8) is 0 Å². The molecule has 0 atom stereocenters. The molecule has 2 nitrogen and oxygen atoms in total. The number of amides is 1. The molecule has 44 valence electrons. The largest absolute Gasteiger partial charge is 0.330 e. The van der Waals surface area contributed by atoms with Gasteiger partial charge in [-0.2, -0.15) is 0 Å². The zero-order valence-corrected chi connectivity index (χ0v) is 4.90. The average molecular weight is 111 g/mol. The first-order valence-corrected chi connectivity index (χ1v) is 2.75. The van der Waals surface area contributed by atoms with Crippen LogP contribution in [0.5, 0.6) is 0 Å². The van der Waals surface area contributed by atoms with Crippen LogP contribution in [0.4, 0.5) is 0 Å². The SMILES string of the molecule is CC(=O)NC1=CCC1. The lowest BCUT2D eigenvalue weighted by Gasteiger charge is -2.13. The summed E-state index contributed by atoms with van der Waals surface area (Å²) in [5.41, 5.74) is 1.08. The quantitative estimate of drug-likeness (QED) is 0.532. The molecule has 0 heterocycles. The third-order valence-electron chi connectivity index (χ3n) is 1.14. The van der Waals surface area contributed by atoms with Gasteiger partial charge in [0.15, 0.2) is 0 Å². The third-order valence-corrected chi connectivity index (χ3v) is 1.14. The fourth-order valence-electron chi connectivity index (χ4n) is 0.628. The van der Waals surface area contributed by atoms with E-state index in [2.05, 4.69) is 5.32 Å². The van der Waals surface area contributed by atoms with Gasteiger partial charge in [-0.05, 0) is 12.8 Å². The lowest BCUT2D eigenvalue weighted by atomic mass is 10.1. The van der Waals surface area contributed by atoms with E-state index in [-0.39, 0.29) is 5.91 Å². The molecule has 0 saturated heterocycles. The van der Waals surface area contributed by atoms with Crippen LogP contribution in [0.2, 0.25) is 0 Å². The summed E-state index contributed by atoms with van der Waals surface area (Å²) in [6.45, 7) is 1.53. The molecule has 1 aliphatic rings. The van der Waals surface area contributed by atoms with E-state index in [1.165, 1.54) is 6.92 Å². The van der Waals surface area contributed by atoms with Gasteiger partial charge in [-0.15, -0.1) is 0 Å². The molecular weight excluding hydrogens is 102 g/mol. The third kappa shape index (κ3) is 1.09. The molecule has 0 aromatic rings. The van der Waals surface area contributed by atoms with Crippen LogP contribution in [0.3, 0.4) is 0 Å². The van der Waals surface area contributed by atoms with Crippen molar-refractivity contribution >= 4 is 5.91 Å². The van der Waals surface area contributed by atoms with Crippen molar-refractivity contribution in [3.8, 4) is 0 Å². The van der Waals surface area contributed by atoms with Crippen LogP contribution >= 0.6 is 0 Å². The standard InChI is InChI=1S/C6H9NO/c1-5(8)7-6-3-2-4-6/h3H,2,4H2,1H3,(H,7,8). The van der Waals surface area contributed by atoms with E-state index in [0.717, 1.165) is 18.5 Å². The Bertz CT molecular complexity index is 137. The predicted molar refractivity (Wildman–Crippen MR) is 31.1 cm³/mol. The highest BCUT2D eigenvalue weighted by molar-refractivity contribution is 5.75. The maximum atomic E-state index is 10.3. The van der Waals surface area contributed by atoms with Gasteiger partial charge < -0.3 is 5.32 Å². The van der Waals surface area contributed by atoms with Crippen molar-refractivity contribution in [2.45, 2.75) is 19.8 Å². The normalized spacial score (nSPS) is 16.4. The summed E-state index contributed by atoms with van der Waals surface area (Å²) in [6.07, 6.45) is 4.19. The second-order valence-corrected chi connectivity index (χ2v) is 1.95. The van der Waals surface area contributed by atoms with E-state index < -0.39 is 0 Å². The van der Waals surface area contributed by atoms with Crippen LogP contribution in [0, 0.1) is 0 Å². The number of hydrogen-bond donors (Lipinski definition) is 1. The topological polar surface area (TPSA) is 29.1 Å². The van der Waals surface area contributed by atoms with Gasteiger partial charge in [0.25, 0.3) is 0 Å². The van der Waals surface area contributed by atoms with E-state index in [4.69, 9.17) is 0 Å². The summed E-state index contributed by atoms with van der Waals surface area (Å²) < 4.78 is 0. The molecule has 8 heavy (non-hydrogen) atoms. The molecule has 0 aliphatic heterocycles. The minimum absolute atomic E-state index is 0.0379. The number of carbonyl (C=O) groups excluding carboxylic acids is 1. The van der Waals surface area contributed by atoms with Gasteiger partial charge in [0.05, 0.1) is 0 Å². The molecule has 0 saturated carbocycles. The Morgan fingerprint density at radius 1 is 1.88 bits per heavy atom. The molecule has 1 aliphatic carbocycles. The Labute approximate surface area is 48.6 Å². The first-order chi connectivity index (χ1) is 3.79. The molecule has 2 heteroatoms. The summed E-state index contributed by atoms with van der Waals surface area (Å²) >= 11 is 0. The van der Waals surface area contributed by atoms with Crippen molar-refractivity contribution in [1.82, 2.24) is 5.32 Å². The van der Waals surface area contributed by atoms with Gasteiger partial charge in [-0.3, -0.25) is 4.79 Å². The van der Waals surface area contributed by atoms with Gasteiger partial charge in [0, 0.05) is 12.6 Å². The molecule has 0 unspecified atom stereocenters. The van der Waals surface area contributed by atoms with Crippen LogP contribution < -0.4 is 5.32 Å². The maximum Gasteiger partial charge on any atom is 0.220 e. The Morgan fingerprint density at radius 2 is 2.50 bits per heavy atom. The molecule has 1 amide bonds. The van der Waals surface area contributed by atoms with Crippen LogP contribution in [-0.2, 0) is 4.79 Å². The molecule has 1 N–H and O–H groups in total. The van der Waals surface area contributed by atoms with Crippen molar-refractivity contribution in [3.05, 3.63) is 11.8 Å². The Hall–Kier alpha value is -0.790. The van der Waals surface area contributed by atoms with Crippen LogP contribution in [0.1, 0.15) is 19.8 Å². The minimum Gasteiger partial charge on any atom is -0.330 e. The monoisotopic (exact) mass is 111 g/mol. The van der Waals surface area contributed by atoms with E-state index in [9.17, 15) is 4.79 Å². The molecule has 0 fully saturated rings. The summed E-state index contributed by atoms with van der Waals surface area (Å²) in [5.74, 6) is 0.0379. The van der Waals surface area contributed by atoms with Gasteiger partial charge in [0.2, 0.25) is 5.91 Å². The van der Waals surface area contributed by atoms with Crippen molar-refractivity contribution in [2.75, 3.05) is 0 Å². The first-order valence-electron chi connectivity index (χ1n) is 2.75. The van der Waals surface area contributed by atoms with Gasteiger partial charge in [-0.1, -0.05) is 6.08 Å². The van der Waals surface area contributed by atoms with Crippen LogP contribution in [0.15, 0.2) is 11.8 Å². The lowest BCUT2D eigenvalue weighted by Crippen LogP contribution is -2.21. The summed E-state index contributed by atoms with van der Waals surface area (Å²) in [7, 11) is 0. The van der Waals surface area contributed by atoms with Gasteiger partial charge in [0.1, 0.15) is 0 Å². The lowest BCUT2D eigenvalue weighted by molar-refractivity contribution is -0.118. The second-order valence-electron chi connectivity index (χ2n) is 1.95. The zero-order valence-electron chi connectivity index (χ0n) is 4.90. The summed E-state index contributed by atoms with van der Waals surface area (Å²) in [4.78, 5) is 10.3. The predicted octanol–water partition coefficient (Wildman–Crippen LogP) is 0.800. The number of rotatable bonds is 1. The second kappa shape index (κ2) is 1.99. The van der Waals surface area contributed by atoms with E-state index >= 15 is 0 Å². The first kappa shape index (κ1) is 5.35. The Kier molecular flexibility index (Phi) is 1.33. The fraction of sp³-hybridized carbons (Fsp3) is 0.500. The van der Waals surface area contributed by atoms with Crippen molar-refractivity contribution < 1.29 is 4.79 Å². The van der Waals surface area contributed by atoms with E-state index in [0.29, 0.717) is 0 Å². The highest BCUT2D eigenvalue weighted by Gasteiger charge is 2.04. The molecule has 0 bridgehead atoms. The van der Waals surface area contributed by atoms with E-state index in [1.54, 1.807) is 0 Å². The fourth-order valence-corrected chi connectivity index (χ4v) is 0.628. The van der Waals surface area contributed by atoms with Gasteiger partial charge >= 0.3 is 0 Å². The van der Waals surface area contributed by atoms with E-state index in [1.807, 2.05) is 6.08 Å². The molecule has 1 rings (SSSR count). The molecule has 0 aromatic carbocycles. The van der Waals surface area contributed by atoms with Crippen LogP contribution in [-0.4, -0.2) is 5.91 Å². The van der Waals surface area contributed by atoms with Gasteiger partial charge in [-0.25, -0.2) is 0 Å².